The lowest BCUT2D eigenvalue weighted by molar-refractivity contribution is -0.490. The minimum atomic E-state index is 0.494. The summed E-state index contributed by atoms with van der Waals surface area (Å²) in [7, 11) is 0. The Kier molecular flexibility index (Phi) is 15.8. The topological polar surface area (TPSA) is 38.7 Å². The van der Waals surface area contributed by atoms with Crippen molar-refractivity contribution >= 4 is 0 Å². The normalized spacial score (nSPS) is 10.9. The Hall–Kier alpha value is -0.120. The Labute approximate surface area is 106 Å². The van der Waals surface area contributed by atoms with Crippen LogP contribution in [0, 0.1) is 0 Å². The molecular formula is C14H30O3. The molecule has 3 heteroatoms. The first kappa shape index (κ1) is 16.9. The van der Waals surface area contributed by atoms with Crippen LogP contribution < -0.4 is 0 Å². The molecular weight excluding hydrogens is 216 g/mol. The lowest BCUT2D eigenvalue weighted by Crippen LogP contribution is -1.92. The molecule has 0 saturated heterocycles. The van der Waals surface area contributed by atoms with Crippen molar-refractivity contribution in [2.24, 2.45) is 0 Å². The van der Waals surface area contributed by atoms with Gasteiger partial charge in [-0.15, -0.1) is 0 Å². The summed E-state index contributed by atoms with van der Waals surface area (Å²) >= 11 is 0. The molecule has 0 aliphatic rings. The predicted molar refractivity (Wildman–Crippen MR) is 70.7 cm³/mol. The van der Waals surface area contributed by atoms with E-state index in [9.17, 15) is 0 Å². The summed E-state index contributed by atoms with van der Waals surface area (Å²) in [5.41, 5.74) is 0. The molecule has 0 atom stereocenters. The maximum absolute atomic E-state index is 7.92. The second-order valence-corrected chi connectivity index (χ2v) is 4.79. The molecule has 0 aliphatic heterocycles. The van der Waals surface area contributed by atoms with Crippen molar-refractivity contribution in [3.8, 4) is 0 Å². The van der Waals surface area contributed by atoms with E-state index in [0.717, 1.165) is 6.42 Å². The third-order valence-corrected chi connectivity index (χ3v) is 3.13. The van der Waals surface area contributed by atoms with Gasteiger partial charge in [0.2, 0.25) is 0 Å². The molecule has 104 valence electrons. The van der Waals surface area contributed by atoms with E-state index in [-0.39, 0.29) is 0 Å². The minimum absolute atomic E-state index is 0.494. The van der Waals surface area contributed by atoms with E-state index in [1.807, 2.05) is 0 Å². The molecule has 17 heavy (non-hydrogen) atoms. The molecule has 0 unspecified atom stereocenters. The highest BCUT2D eigenvalue weighted by atomic mass is 17.5. The third-order valence-electron chi connectivity index (χ3n) is 3.13. The molecule has 0 aromatic rings. The first-order valence-electron chi connectivity index (χ1n) is 7.35. The summed E-state index contributed by atoms with van der Waals surface area (Å²) in [5, 5.41) is 11.5. The van der Waals surface area contributed by atoms with Gasteiger partial charge in [0.15, 0.2) is 0 Å². The largest absolute Gasteiger partial charge is 0.221 e. The molecule has 0 rings (SSSR count). The molecule has 0 radical (unpaired) electrons. The SMILES string of the molecule is CCCCCCCCCCCCCCOOO. The van der Waals surface area contributed by atoms with Crippen molar-refractivity contribution in [3.05, 3.63) is 0 Å². The van der Waals surface area contributed by atoms with Crippen molar-refractivity contribution in [3.63, 3.8) is 0 Å². The van der Waals surface area contributed by atoms with Gasteiger partial charge in [-0.3, -0.25) is 0 Å². The van der Waals surface area contributed by atoms with E-state index in [4.69, 9.17) is 5.26 Å². The maximum atomic E-state index is 7.92. The standard InChI is InChI=1S/C14H30O3/c1-2-3-4-5-6-7-8-9-10-11-12-13-14-16-17-15/h15H,2-14H2,1H3. The van der Waals surface area contributed by atoms with E-state index < -0.39 is 0 Å². The summed E-state index contributed by atoms with van der Waals surface area (Å²) in [6.45, 7) is 2.76. The Balaban J connectivity index is 2.85. The second-order valence-electron chi connectivity index (χ2n) is 4.79. The van der Waals surface area contributed by atoms with Gasteiger partial charge >= 0.3 is 0 Å². The zero-order valence-corrected chi connectivity index (χ0v) is 11.5. The van der Waals surface area contributed by atoms with Crippen LogP contribution in [0.25, 0.3) is 0 Å². The Morgan fingerprint density at radius 2 is 1.06 bits per heavy atom. The fourth-order valence-corrected chi connectivity index (χ4v) is 2.04. The van der Waals surface area contributed by atoms with E-state index >= 15 is 0 Å². The molecule has 0 heterocycles. The van der Waals surface area contributed by atoms with Crippen LogP contribution in [0.5, 0.6) is 0 Å². The lowest BCUT2D eigenvalue weighted by Gasteiger charge is -2.02. The molecule has 0 saturated carbocycles. The zero-order chi connectivity index (χ0) is 12.6. The number of rotatable bonds is 14. The minimum Gasteiger partial charge on any atom is -0.221 e. The van der Waals surface area contributed by atoms with Gasteiger partial charge in [0.25, 0.3) is 0 Å². The van der Waals surface area contributed by atoms with Crippen molar-refractivity contribution in [1.29, 1.82) is 0 Å². The van der Waals surface area contributed by atoms with Crippen molar-refractivity contribution in [2.45, 2.75) is 84.0 Å². The van der Waals surface area contributed by atoms with Crippen LogP contribution in [-0.2, 0) is 9.93 Å². The molecule has 0 bridgehead atoms. The number of hydrogen-bond acceptors (Lipinski definition) is 3. The van der Waals surface area contributed by atoms with Crippen molar-refractivity contribution in [1.82, 2.24) is 0 Å². The molecule has 0 aliphatic carbocycles. The Bertz CT molecular complexity index is 115. The van der Waals surface area contributed by atoms with Gasteiger partial charge in [-0.05, 0) is 6.42 Å². The quantitative estimate of drug-likeness (QED) is 0.263. The average Bonchev–Trinajstić information content (AvgIpc) is 2.35. The summed E-state index contributed by atoms with van der Waals surface area (Å²) in [4.78, 5) is 4.38. The molecule has 1 N–H and O–H groups in total. The Morgan fingerprint density at radius 3 is 1.47 bits per heavy atom. The highest BCUT2D eigenvalue weighted by Gasteiger charge is 1.93. The predicted octanol–water partition coefficient (Wildman–Crippen LogP) is 5.11. The van der Waals surface area contributed by atoms with E-state index in [0.29, 0.717) is 6.61 Å². The molecule has 0 amide bonds. The summed E-state index contributed by atoms with van der Waals surface area (Å²) in [6, 6.07) is 0. The van der Waals surface area contributed by atoms with E-state index in [1.54, 1.807) is 0 Å². The van der Waals surface area contributed by atoms with Gasteiger partial charge < -0.3 is 0 Å². The van der Waals surface area contributed by atoms with Crippen molar-refractivity contribution in [2.75, 3.05) is 6.61 Å². The fourth-order valence-electron chi connectivity index (χ4n) is 2.04. The summed E-state index contributed by atoms with van der Waals surface area (Å²) in [6.07, 6.45) is 15.9. The first-order chi connectivity index (χ1) is 8.41. The van der Waals surface area contributed by atoms with Crippen LogP contribution in [0.15, 0.2) is 0 Å². The van der Waals surface area contributed by atoms with Crippen LogP contribution in [0.2, 0.25) is 0 Å². The van der Waals surface area contributed by atoms with Crippen LogP contribution in [-0.4, -0.2) is 11.9 Å². The van der Waals surface area contributed by atoms with Crippen LogP contribution in [0.3, 0.4) is 0 Å². The Morgan fingerprint density at radius 1 is 0.647 bits per heavy atom. The van der Waals surface area contributed by atoms with Crippen LogP contribution in [0.1, 0.15) is 84.0 Å². The lowest BCUT2D eigenvalue weighted by atomic mass is 10.1. The maximum Gasteiger partial charge on any atom is 0.0853 e. The van der Waals surface area contributed by atoms with E-state index in [1.165, 1.54) is 70.6 Å². The van der Waals surface area contributed by atoms with Gasteiger partial charge in [0.05, 0.1) is 6.61 Å². The van der Waals surface area contributed by atoms with Crippen LogP contribution >= 0.6 is 0 Å². The van der Waals surface area contributed by atoms with Gasteiger partial charge in [-0.1, -0.05) is 82.6 Å². The monoisotopic (exact) mass is 246 g/mol. The average molecular weight is 246 g/mol. The third kappa shape index (κ3) is 15.9. The van der Waals surface area contributed by atoms with Crippen LogP contribution in [0.4, 0.5) is 0 Å². The van der Waals surface area contributed by atoms with Gasteiger partial charge in [0.1, 0.15) is 0 Å². The molecule has 0 spiro atoms. The zero-order valence-electron chi connectivity index (χ0n) is 11.5. The van der Waals surface area contributed by atoms with E-state index in [2.05, 4.69) is 16.8 Å². The smallest absolute Gasteiger partial charge is 0.0853 e. The molecule has 3 nitrogen and oxygen atoms in total. The molecule has 0 aromatic carbocycles. The summed E-state index contributed by atoms with van der Waals surface area (Å²) in [5.74, 6) is 0. The fraction of sp³-hybridized carbons (Fsp3) is 1.00. The number of unbranched alkanes of at least 4 members (excludes halogenated alkanes) is 11. The van der Waals surface area contributed by atoms with Crippen molar-refractivity contribution < 1.29 is 15.2 Å². The van der Waals surface area contributed by atoms with Gasteiger partial charge in [-0.2, -0.15) is 0 Å². The van der Waals surface area contributed by atoms with Gasteiger partial charge in [0, 0.05) is 0 Å². The molecule has 0 aromatic heterocycles. The highest BCUT2D eigenvalue weighted by Crippen LogP contribution is 2.11. The second kappa shape index (κ2) is 15.9. The van der Waals surface area contributed by atoms with Gasteiger partial charge in [-0.25, -0.2) is 10.1 Å². The highest BCUT2D eigenvalue weighted by molar-refractivity contribution is 4.48. The molecule has 0 fully saturated rings. The summed E-state index contributed by atoms with van der Waals surface area (Å²) < 4.78 is 0. The first-order valence-corrected chi connectivity index (χ1v) is 7.35. The number of hydrogen-bond donors (Lipinski definition) is 1.